The molecule has 0 saturated heterocycles. The smallest absolute Gasteiger partial charge is 0.444 e. The average molecular weight is 279 g/mol. The van der Waals surface area contributed by atoms with E-state index in [9.17, 15) is 18.0 Å². The number of aromatic nitrogens is 2. The Kier molecular flexibility index (Phi) is 4.43. The van der Waals surface area contributed by atoms with Gasteiger partial charge in [0.05, 0.1) is 0 Å². The molecule has 1 amide bonds. The van der Waals surface area contributed by atoms with Crippen LogP contribution in [0.15, 0.2) is 6.20 Å². The first-order chi connectivity index (χ1) is 8.58. The maximum Gasteiger partial charge on any atom is 0.449 e. The Labute approximate surface area is 108 Å². The lowest BCUT2D eigenvalue weighted by Crippen LogP contribution is -2.33. The van der Waals surface area contributed by atoms with Crippen molar-refractivity contribution in [1.29, 1.82) is 0 Å². The molecule has 0 saturated carbocycles. The molecule has 0 aromatic carbocycles. The zero-order valence-electron chi connectivity index (χ0n) is 10.9. The number of ether oxygens (including phenoxy) is 1. The van der Waals surface area contributed by atoms with E-state index in [1.807, 2.05) is 0 Å². The highest BCUT2D eigenvalue weighted by atomic mass is 19.4. The van der Waals surface area contributed by atoms with E-state index in [-0.39, 0.29) is 13.0 Å². The number of aromatic amines is 1. The largest absolute Gasteiger partial charge is 0.449 e. The van der Waals surface area contributed by atoms with Crippen molar-refractivity contribution in [2.45, 2.75) is 39.0 Å². The highest BCUT2D eigenvalue weighted by Gasteiger charge is 2.34. The van der Waals surface area contributed by atoms with Gasteiger partial charge in [-0.2, -0.15) is 13.2 Å². The van der Waals surface area contributed by atoms with Gasteiger partial charge in [-0.05, 0) is 20.8 Å². The van der Waals surface area contributed by atoms with Gasteiger partial charge in [0.15, 0.2) is 0 Å². The van der Waals surface area contributed by atoms with Gasteiger partial charge in [0.25, 0.3) is 0 Å². The molecule has 1 aromatic rings. The quantitative estimate of drug-likeness (QED) is 0.893. The van der Waals surface area contributed by atoms with Crippen molar-refractivity contribution in [3.05, 3.63) is 17.7 Å². The molecule has 0 aliphatic heterocycles. The maximum absolute atomic E-state index is 12.3. The molecule has 1 aromatic heterocycles. The van der Waals surface area contributed by atoms with Crippen LogP contribution < -0.4 is 5.32 Å². The molecule has 5 nitrogen and oxygen atoms in total. The predicted octanol–water partition coefficient (Wildman–Crippen LogP) is 2.50. The molecule has 1 heterocycles. The van der Waals surface area contributed by atoms with Gasteiger partial charge < -0.3 is 15.0 Å². The lowest BCUT2D eigenvalue weighted by molar-refractivity contribution is -0.144. The molecule has 108 valence electrons. The minimum Gasteiger partial charge on any atom is -0.444 e. The number of nitrogens with zero attached hydrogens (tertiary/aromatic N) is 1. The number of alkyl carbamates (subject to hydrolysis) is 1. The first-order valence-electron chi connectivity index (χ1n) is 5.66. The van der Waals surface area contributed by atoms with Gasteiger partial charge in [-0.15, -0.1) is 0 Å². The van der Waals surface area contributed by atoms with E-state index in [1.54, 1.807) is 20.8 Å². The Balaban J connectivity index is 2.38. The number of amides is 1. The minimum absolute atomic E-state index is 0.161. The van der Waals surface area contributed by atoms with Crippen molar-refractivity contribution in [2.24, 2.45) is 0 Å². The van der Waals surface area contributed by atoms with Crippen LogP contribution in [0.2, 0.25) is 0 Å². The molecule has 0 radical (unpaired) electrons. The van der Waals surface area contributed by atoms with Gasteiger partial charge in [0, 0.05) is 24.9 Å². The average Bonchev–Trinajstić information content (AvgIpc) is 2.62. The van der Waals surface area contributed by atoms with Crippen LogP contribution in [0.4, 0.5) is 18.0 Å². The summed E-state index contributed by atoms with van der Waals surface area (Å²) in [6.07, 6.45) is -3.79. The molecular weight excluding hydrogens is 263 g/mol. The zero-order valence-corrected chi connectivity index (χ0v) is 10.9. The van der Waals surface area contributed by atoms with Gasteiger partial charge in [-0.1, -0.05) is 0 Å². The highest BCUT2D eigenvalue weighted by Crippen LogP contribution is 2.26. The molecule has 19 heavy (non-hydrogen) atoms. The summed E-state index contributed by atoms with van der Waals surface area (Å²) < 4.78 is 41.7. The second kappa shape index (κ2) is 5.50. The normalized spacial score (nSPS) is 12.3. The Morgan fingerprint density at radius 2 is 2.05 bits per heavy atom. The highest BCUT2D eigenvalue weighted by molar-refractivity contribution is 5.67. The molecule has 0 spiro atoms. The van der Waals surface area contributed by atoms with Gasteiger partial charge in [0.2, 0.25) is 5.82 Å². The predicted molar refractivity (Wildman–Crippen MR) is 61.5 cm³/mol. The molecular formula is C11H16F3N3O2. The lowest BCUT2D eigenvalue weighted by atomic mass is 10.2. The van der Waals surface area contributed by atoms with E-state index in [4.69, 9.17) is 4.74 Å². The fourth-order valence-electron chi connectivity index (χ4n) is 1.24. The molecule has 8 heteroatoms. The summed E-state index contributed by atoms with van der Waals surface area (Å²) in [7, 11) is 0. The third-order valence-electron chi connectivity index (χ3n) is 1.96. The molecule has 1 rings (SSSR count). The van der Waals surface area contributed by atoms with Crippen molar-refractivity contribution < 1.29 is 22.7 Å². The summed E-state index contributed by atoms with van der Waals surface area (Å²) in [5, 5.41) is 2.45. The van der Waals surface area contributed by atoms with Crippen molar-refractivity contribution in [1.82, 2.24) is 15.3 Å². The lowest BCUT2D eigenvalue weighted by Gasteiger charge is -2.19. The van der Waals surface area contributed by atoms with Crippen molar-refractivity contribution in [3.8, 4) is 0 Å². The van der Waals surface area contributed by atoms with Crippen LogP contribution in [-0.2, 0) is 17.3 Å². The molecule has 0 bridgehead atoms. The van der Waals surface area contributed by atoms with Crippen molar-refractivity contribution in [2.75, 3.05) is 6.54 Å². The molecule has 0 aliphatic carbocycles. The number of H-pyrrole nitrogens is 1. The van der Waals surface area contributed by atoms with Crippen LogP contribution in [0.25, 0.3) is 0 Å². The maximum atomic E-state index is 12.3. The van der Waals surface area contributed by atoms with Crippen LogP contribution >= 0.6 is 0 Å². The molecule has 2 N–H and O–H groups in total. The summed E-state index contributed by atoms with van der Waals surface area (Å²) >= 11 is 0. The summed E-state index contributed by atoms with van der Waals surface area (Å²) in [6, 6.07) is 0. The van der Waals surface area contributed by atoms with Crippen LogP contribution in [0.5, 0.6) is 0 Å². The monoisotopic (exact) mass is 279 g/mol. The van der Waals surface area contributed by atoms with Crippen LogP contribution in [0.1, 0.15) is 32.3 Å². The number of hydrogen-bond acceptors (Lipinski definition) is 3. The summed E-state index contributed by atoms with van der Waals surface area (Å²) in [4.78, 5) is 16.6. The second-order valence-corrected chi connectivity index (χ2v) is 4.93. The molecule has 0 fully saturated rings. The Morgan fingerprint density at radius 3 is 2.53 bits per heavy atom. The zero-order chi connectivity index (χ0) is 14.7. The fourth-order valence-corrected chi connectivity index (χ4v) is 1.24. The summed E-state index contributed by atoms with van der Waals surface area (Å²) in [5.41, 5.74) is -0.315. The number of hydrogen-bond donors (Lipinski definition) is 2. The molecule has 0 atom stereocenters. The number of imidazole rings is 1. The van der Waals surface area contributed by atoms with Crippen molar-refractivity contribution in [3.63, 3.8) is 0 Å². The number of nitrogens with one attached hydrogen (secondary N) is 2. The Bertz CT molecular complexity index is 435. The van der Waals surface area contributed by atoms with Crippen LogP contribution in [0, 0.1) is 0 Å². The summed E-state index contributed by atoms with van der Waals surface area (Å²) in [5.74, 6) is -1.04. The van der Waals surface area contributed by atoms with Crippen LogP contribution in [-0.4, -0.2) is 28.2 Å². The first kappa shape index (κ1) is 15.3. The summed E-state index contributed by atoms with van der Waals surface area (Å²) in [6.45, 7) is 5.32. The van der Waals surface area contributed by atoms with E-state index in [0.717, 1.165) is 6.20 Å². The van der Waals surface area contributed by atoms with Gasteiger partial charge in [-0.3, -0.25) is 0 Å². The van der Waals surface area contributed by atoms with E-state index in [1.165, 1.54) is 0 Å². The third kappa shape index (κ3) is 5.62. The van der Waals surface area contributed by atoms with E-state index in [0.29, 0.717) is 5.69 Å². The Morgan fingerprint density at radius 1 is 1.42 bits per heavy atom. The van der Waals surface area contributed by atoms with Gasteiger partial charge in [-0.25, -0.2) is 9.78 Å². The standard InChI is InChI=1S/C11H16F3N3O2/c1-10(2,3)19-9(18)15-5-4-7-6-16-8(17-7)11(12,13)14/h6H,4-5H2,1-3H3,(H,15,18)(H,16,17). The Hall–Kier alpha value is -1.73. The number of carbonyl (C=O) groups excluding carboxylic acids is 1. The van der Waals surface area contributed by atoms with Gasteiger partial charge in [0.1, 0.15) is 5.60 Å². The number of rotatable bonds is 3. The van der Waals surface area contributed by atoms with Crippen LogP contribution in [0.3, 0.4) is 0 Å². The van der Waals surface area contributed by atoms with E-state index < -0.39 is 23.7 Å². The fraction of sp³-hybridized carbons (Fsp3) is 0.636. The number of halogens is 3. The van der Waals surface area contributed by atoms with Gasteiger partial charge >= 0.3 is 12.3 Å². The second-order valence-electron chi connectivity index (χ2n) is 4.93. The van der Waals surface area contributed by atoms with E-state index in [2.05, 4.69) is 15.3 Å². The molecule has 0 aliphatic rings. The van der Waals surface area contributed by atoms with Crippen molar-refractivity contribution >= 4 is 6.09 Å². The number of carbonyl (C=O) groups is 1. The SMILES string of the molecule is CC(C)(C)OC(=O)NCCc1cnc(C(F)(F)F)[nH]1. The minimum atomic E-state index is -4.49. The third-order valence-corrected chi connectivity index (χ3v) is 1.96. The topological polar surface area (TPSA) is 67.0 Å². The first-order valence-corrected chi connectivity index (χ1v) is 5.66. The van der Waals surface area contributed by atoms with E-state index >= 15 is 0 Å². The molecule has 0 unspecified atom stereocenters. The number of alkyl halides is 3.